The van der Waals surface area contributed by atoms with Crippen LogP contribution in [0.15, 0.2) is 54.6 Å². The van der Waals surface area contributed by atoms with E-state index in [9.17, 15) is 14.7 Å². The molecule has 0 aliphatic carbocycles. The van der Waals surface area contributed by atoms with Crippen LogP contribution in [0.3, 0.4) is 0 Å². The molecule has 3 rings (SSSR count). The van der Waals surface area contributed by atoms with Crippen LogP contribution in [0, 0.1) is 6.92 Å². The molecule has 0 spiro atoms. The van der Waals surface area contributed by atoms with Crippen molar-refractivity contribution in [2.75, 3.05) is 5.32 Å². The van der Waals surface area contributed by atoms with Crippen molar-refractivity contribution in [3.05, 3.63) is 71.3 Å². The molecule has 0 aliphatic heterocycles. The Morgan fingerprint density at radius 1 is 1.00 bits per heavy atom. The van der Waals surface area contributed by atoms with Gasteiger partial charge in [0, 0.05) is 11.3 Å². The Labute approximate surface area is 138 Å². The Morgan fingerprint density at radius 2 is 1.79 bits per heavy atom. The van der Waals surface area contributed by atoms with Crippen LogP contribution >= 0.6 is 0 Å². The van der Waals surface area contributed by atoms with Crippen molar-refractivity contribution in [1.29, 1.82) is 0 Å². The fourth-order valence-electron chi connectivity index (χ4n) is 2.55. The van der Waals surface area contributed by atoms with Crippen molar-refractivity contribution < 1.29 is 14.7 Å². The Kier molecular flexibility index (Phi) is 3.92. The number of benzene rings is 3. The van der Waals surface area contributed by atoms with Gasteiger partial charge in [0.05, 0.1) is 5.56 Å². The molecule has 5 heteroatoms. The number of carbonyl (C=O) groups is 2. The Bertz CT molecular complexity index is 964. The van der Waals surface area contributed by atoms with Gasteiger partial charge in [0.2, 0.25) is 0 Å². The van der Waals surface area contributed by atoms with Crippen LogP contribution < -0.4 is 11.1 Å². The minimum atomic E-state index is -0.719. The minimum Gasteiger partial charge on any atom is -0.507 e. The van der Waals surface area contributed by atoms with Crippen molar-refractivity contribution >= 4 is 28.3 Å². The predicted octanol–water partition coefficient (Wildman–Crippen LogP) is 3.21. The molecule has 4 N–H and O–H groups in total. The van der Waals surface area contributed by atoms with Crippen molar-refractivity contribution in [1.82, 2.24) is 0 Å². The monoisotopic (exact) mass is 320 g/mol. The van der Waals surface area contributed by atoms with Gasteiger partial charge in [-0.2, -0.15) is 0 Å². The van der Waals surface area contributed by atoms with Crippen molar-refractivity contribution in [3.63, 3.8) is 0 Å². The van der Waals surface area contributed by atoms with Crippen LogP contribution in [-0.2, 0) is 0 Å². The molecule has 0 heterocycles. The summed E-state index contributed by atoms with van der Waals surface area (Å²) in [5, 5.41) is 14.0. The Hall–Kier alpha value is -3.34. The van der Waals surface area contributed by atoms with E-state index in [0.717, 1.165) is 5.56 Å². The van der Waals surface area contributed by atoms with Gasteiger partial charge >= 0.3 is 0 Å². The SMILES string of the molecule is Cc1cccc(NC(=O)c2ccc3cc(O)c(C(N)=O)cc3c2)c1. The molecule has 0 unspecified atom stereocenters. The van der Waals surface area contributed by atoms with Crippen LogP contribution in [0.4, 0.5) is 5.69 Å². The minimum absolute atomic E-state index is 0.0266. The van der Waals surface area contributed by atoms with Gasteiger partial charge in [0.1, 0.15) is 5.75 Å². The van der Waals surface area contributed by atoms with E-state index in [4.69, 9.17) is 5.73 Å². The van der Waals surface area contributed by atoms with E-state index in [1.807, 2.05) is 31.2 Å². The lowest BCUT2D eigenvalue weighted by molar-refractivity contribution is 0.0995. The summed E-state index contributed by atoms with van der Waals surface area (Å²) < 4.78 is 0. The molecule has 2 amide bonds. The summed E-state index contributed by atoms with van der Waals surface area (Å²) in [4.78, 5) is 23.7. The highest BCUT2D eigenvalue weighted by atomic mass is 16.3. The molecule has 5 nitrogen and oxygen atoms in total. The molecular formula is C19H16N2O3. The van der Waals surface area contributed by atoms with E-state index in [-0.39, 0.29) is 17.2 Å². The van der Waals surface area contributed by atoms with E-state index < -0.39 is 5.91 Å². The predicted molar refractivity (Wildman–Crippen MR) is 93.3 cm³/mol. The smallest absolute Gasteiger partial charge is 0.255 e. The maximum atomic E-state index is 12.4. The normalized spacial score (nSPS) is 10.5. The van der Waals surface area contributed by atoms with Crippen LogP contribution in [0.2, 0.25) is 0 Å². The highest BCUT2D eigenvalue weighted by Crippen LogP contribution is 2.26. The number of rotatable bonds is 3. The zero-order valence-corrected chi connectivity index (χ0v) is 13.0. The molecule has 0 aliphatic rings. The number of hydrogen-bond acceptors (Lipinski definition) is 3. The fraction of sp³-hybridized carbons (Fsp3) is 0.0526. The number of fused-ring (bicyclic) bond motifs is 1. The zero-order chi connectivity index (χ0) is 17.3. The summed E-state index contributed by atoms with van der Waals surface area (Å²) >= 11 is 0. The van der Waals surface area contributed by atoms with Gasteiger partial charge < -0.3 is 16.2 Å². The van der Waals surface area contributed by atoms with Crippen LogP contribution in [-0.4, -0.2) is 16.9 Å². The maximum Gasteiger partial charge on any atom is 0.255 e. The van der Waals surface area contributed by atoms with Crippen LogP contribution in [0.25, 0.3) is 10.8 Å². The first-order chi connectivity index (χ1) is 11.4. The summed E-state index contributed by atoms with van der Waals surface area (Å²) in [7, 11) is 0. The maximum absolute atomic E-state index is 12.4. The first-order valence-corrected chi connectivity index (χ1v) is 7.38. The lowest BCUT2D eigenvalue weighted by Crippen LogP contribution is -2.12. The van der Waals surface area contributed by atoms with Gasteiger partial charge in [-0.05, 0) is 59.7 Å². The number of anilines is 1. The molecule has 24 heavy (non-hydrogen) atoms. The third-order valence-corrected chi connectivity index (χ3v) is 3.76. The second kappa shape index (κ2) is 6.04. The number of hydrogen-bond donors (Lipinski definition) is 3. The van der Waals surface area contributed by atoms with E-state index in [1.54, 1.807) is 18.2 Å². The molecule has 0 saturated heterocycles. The molecule has 0 radical (unpaired) electrons. The molecular weight excluding hydrogens is 304 g/mol. The number of aryl methyl sites for hydroxylation is 1. The number of nitrogens with one attached hydrogen (secondary N) is 1. The molecule has 0 fully saturated rings. The third-order valence-electron chi connectivity index (χ3n) is 3.76. The van der Waals surface area contributed by atoms with E-state index >= 15 is 0 Å². The molecule has 0 saturated carbocycles. The quantitative estimate of drug-likeness (QED) is 0.692. The third kappa shape index (κ3) is 3.05. The number of aromatic hydroxyl groups is 1. The van der Waals surface area contributed by atoms with Gasteiger partial charge in [-0.15, -0.1) is 0 Å². The number of phenols is 1. The number of amides is 2. The first kappa shape index (κ1) is 15.6. The van der Waals surface area contributed by atoms with Gasteiger partial charge in [0.25, 0.3) is 11.8 Å². The topological polar surface area (TPSA) is 92.4 Å². The summed E-state index contributed by atoms with van der Waals surface area (Å²) in [6.45, 7) is 1.95. The van der Waals surface area contributed by atoms with Gasteiger partial charge in [-0.3, -0.25) is 9.59 Å². The van der Waals surface area contributed by atoms with E-state index in [2.05, 4.69) is 5.32 Å². The lowest BCUT2D eigenvalue weighted by Gasteiger charge is -2.08. The van der Waals surface area contributed by atoms with Crippen molar-refractivity contribution in [2.45, 2.75) is 6.92 Å². The second-order valence-electron chi connectivity index (χ2n) is 5.62. The number of primary amides is 1. The van der Waals surface area contributed by atoms with Crippen LogP contribution in [0.1, 0.15) is 26.3 Å². The standard InChI is InChI=1S/C19H16N2O3/c1-11-3-2-4-15(7-11)21-19(24)13-6-5-12-10-17(22)16(18(20)23)9-14(12)8-13/h2-10,22H,1H3,(H2,20,23)(H,21,24). The van der Waals surface area contributed by atoms with E-state index in [1.165, 1.54) is 12.1 Å². The Morgan fingerprint density at radius 3 is 2.50 bits per heavy atom. The van der Waals surface area contributed by atoms with Gasteiger partial charge in [0.15, 0.2) is 0 Å². The highest BCUT2D eigenvalue weighted by Gasteiger charge is 2.12. The summed E-state index contributed by atoms with van der Waals surface area (Å²) in [5.74, 6) is -1.15. The van der Waals surface area contributed by atoms with Crippen molar-refractivity contribution in [3.8, 4) is 5.75 Å². The van der Waals surface area contributed by atoms with E-state index in [0.29, 0.717) is 22.0 Å². The largest absolute Gasteiger partial charge is 0.507 e. The number of nitrogens with two attached hydrogens (primary N) is 1. The summed E-state index contributed by atoms with van der Waals surface area (Å²) in [6.07, 6.45) is 0. The molecule has 0 bridgehead atoms. The molecule has 3 aromatic rings. The molecule has 0 aromatic heterocycles. The molecule has 3 aromatic carbocycles. The lowest BCUT2D eigenvalue weighted by atomic mass is 10.0. The average molecular weight is 320 g/mol. The molecule has 0 atom stereocenters. The molecule has 120 valence electrons. The van der Waals surface area contributed by atoms with Crippen molar-refractivity contribution in [2.24, 2.45) is 5.73 Å². The second-order valence-corrected chi connectivity index (χ2v) is 5.62. The van der Waals surface area contributed by atoms with Gasteiger partial charge in [-0.1, -0.05) is 18.2 Å². The highest BCUT2D eigenvalue weighted by molar-refractivity contribution is 6.07. The fourth-order valence-corrected chi connectivity index (χ4v) is 2.55. The average Bonchev–Trinajstić information content (AvgIpc) is 2.53. The Balaban J connectivity index is 1.96. The van der Waals surface area contributed by atoms with Gasteiger partial charge in [-0.25, -0.2) is 0 Å². The first-order valence-electron chi connectivity index (χ1n) is 7.38. The van der Waals surface area contributed by atoms with Crippen LogP contribution in [0.5, 0.6) is 5.75 Å². The number of carbonyl (C=O) groups excluding carboxylic acids is 2. The zero-order valence-electron chi connectivity index (χ0n) is 13.0. The summed E-state index contributed by atoms with van der Waals surface area (Å²) in [5.41, 5.74) is 7.48. The summed E-state index contributed by atoms with van der Waals surface area (Å²) in [6, 6.07) is 15.5.